The third-order valence-corrected chi connectivity index (χ3v) is 6.63. The van der Waals surface area contributed by atoms with Crippen LogP contribution in [0.4, 0.5) is 0 Å². The van der Waals surface area contributed by atoms with Crippen molar-refractivity contribution in [1.82, 2.24) is 5.32 Å². The first-order chi connectivity index (χ1) is 17.7. The van der Waals surface area contributed by atoms with Crippen LogP contribution in [-0.4, -0.2) is 20.2 Å². The van der Waals surface area contributed by atoms with Gasteiger partial charge in [0, 0.05) is 23.2 Å². The second-order valence-corrected chi connectivity index (χ2v) is 9.84. The second-order valence-electron chi connectivity index (χ2n) is 8.31. The van der Waals surface area contributed by atoms with Gasteiger partial charge in [-0.25, -0.2) is 13.6 Å². The van der Waals surface area contributed by atoms with Crippen molar-refractivity contribution in [2.24, 2.45) is 10.9 Å². The lowest BCUT2D eigenvalue weighted by Gasteiger charge is -2.20. The molecule has 0 fully saturated rings. The van der Waals surface area contributed by atoms with Crippen molar-refractivity contribution >= 4 is 21.8 Å². The smallest absolute Gasteiger partial charge is 0.266 e. The van der Waals surface area contributed by atoms with Gasteiger partial charge in [-0.15, -0.1) is 0 Å². The molecule has 8 nitrogen and oxygen atoms in total. The van der Waals surface area contributed by atoms with E-state index in [9.17, 15) is 13.2 Å². The second kappa shape index (κ2) is 11.1. The van der Waals surface area contributed by atoms with E-state index >= 15 is 0 Å². The highest BCUT2D eigenvalue weighted by Gasteiger charge is 2.23. The van der Waals surface area contributed by atoms with Crippen LogP contribution in [0, 0.1) is 5.41 Å². The van der Waals surface area contributed by atoms with Gasteiger partial charge in [0.25, 0.3) is 5.91 Å². The number of nitrogen functional groups attached to an aromatic ring is 1. The van der Waals surface area contributed by atoms with Gasteiger partial charge >= 0.3 is 0 Å². The number of primary sulfonamides is 1. The number of sulfonamides is 1. The summed E-state index contributed by atoms with van der Waals surface area (Å²) < 4.78 is 29.9. The number of ether oxygens (including phenoxy) is 1. The largest absolute Gasteiger partial charge is 0.476 e. The molecule has 0 aliphatic rings. The average Bonchev–Trinajstić information content (AvgIpc) is 2.91. The molecule has 0 heterocycles. The predicted octanol–water partition coefficient (Wildman–Crippen LogP) is 3.72. The Bertz CT molecular complexity index is 1520. The van der Waals surface area contributed by atoms with E-state index in [0.717, 1.165) is 5.56 Å². The zero-order valence-electron chi connectivity index (χ0n) is 19.8. The van der Waals surface area contributed by atoms with Gasteiger partial charge in [-0.2, -0.15) is 0 Å². The number of amidine groups is 1. The van der Waals surface area contributed by atoms with E-state index in [1.165, 1.54) is 6.07 Å². The van der Waals surface area contributed by atoms with Crippen LogP contribution in [-0.2, 0) is 21.4 Å². The van der Waals surface area contributed by atoms with Crippen molar-refractivity contribution in [3.63, 3.8) is 0 Å². The van der Waals surface area contributed by atoms with E-state index in [4.69, 9.17) is 21.0 Å². The molecule has 0 saturated heterocycles. The third-order valence-electron chi connectivity index (χ3n) is 5.66. The van der Waals surface area contributed by atoms with E-state index in [2.05, 4.69) is 5.32 Å². The molecule has 0 saturated carbocycles. The molecular formula is C28H26N4O4S. The number of hydrogen-bond acceptors (Lipinski definition) is 5. The highest BCUT2D eigenvalue weighted by Crippen LogP contribution is 2.27. The van der Waals surface area contributed by atoms with Crippen molar-refractivity contribution in [2.75, 3.05) is 0 Å². The number of carbonyl (C=O) groups excluding carboxylic acids is 1. The summed E-state index contributed by atoms with van der Waals surface area (Å²) in [6.07, 6.45) is -0.927. The molecule has 1 amide bonds. The van der Waals surface area contributed by atoms with E-state index < -0.39 is 16.1 Å². The maximum Gasteiger partial charge on any atom is 0.266 e. The molecule has 4 aromatic rings. The summed E-state index contributed by atoms with van der Waals surface area (Å²) >= 11 is 0. The van der Waals surface area contributed by atoms with Gasteiger partial charge in [-0.3, -0.25) is 10.2 Å². The van der Waals surface area contributed by atoms with E-state index in [-0.39, 0.29) is 23.2 Å². The Balaban J connectivity index is 1.50. The van der Waals surface area contributed by atoms with Crippen LogP contribution in [0.2, 0.25) is 0 Å². The highest BCUT2D eigenvalue weighted by atomic mass is 32.2. The fourth-order valence-electron chi connectivity index (χ4n) is 3.81. The zero-order chi connectivity index (χ0) is 26.4. The number of carbonyl (C=O) groups is 1. The van der Waals surface area contributed by atoms with Crippen molar-refractivity contribution in [1.29, 1.82) is 5.41 Å². The van der Waals surface area contributed by atoms with Crippen LogP contribution in [0.1, 0.15) is 22.8 Å². The Hall–Kier alpha value is -4.47. The maximum absolute atomic E-state index is 13.2. The topological polar surface area (TPSA) is 148 Å². The zero-order valence-corrected chi connectivity index (χ0v) is 20.6. The van der Waals surface area contributed by atoms with Crippen LogP contribution in [0.3, 0.4) is 0 Å². The lowest BCUT2D eigenvalue weighted by Crippen LogP contribution is -2.32. The first-order valence-electron chi connectivity index (χ1n) is 11.4. The molecule has 37 heavy (non-hydrogen) atoms. The minimum atomic E-state index is -3.87. The molecule has 4 aromatic carbocycles. The summed E-state index contributed by atoms with van der Waals surface area (Å²) in [6, 6.07) is 29.5. The average molecular weight is 515 g/mol. The van der Waals surface area contributed by atoms with Gasteiger partial charge in [0.2, 0.25) is 16.1 Å². The quantitative estimate of drug-likeness (QED) is 0.198. The Morgan fingerprint density at radius 3 is 2.24 bits per heavy atom. The standard InChI is InChI=1S/C28H26N4O4S/c29-27(30)22-9-6-10-23(17-22)36-26(21-7-2-1-3-8-21)28(33)32-18-19-13-15-20(16-14-19)24-11-4-5-12-25(24)37(31,34)35/h1-17,26H,18H2,(H3,29,30)(H,32,33)(H2,31,34,35). The molecular weight excluding hydrogens is 488 g/mol. The molecule has 0 aliphatic carbocycles. The lowest BCUT2D eigenvalue weighted by molar-refractivity contribution is -0.128. The molecule has 1 atom stereocenters. The first-order valence-corrected chi connectivity index (χ1v) is 12.9. The molecule has 9 heteroatoms. The van der Waals surface area contributed by atoms with Crippen LogP contribution >= 0.6 is 0 Å². The summed E-state index contributed by atoms with van der Waals surface area (Å²) in [6.45, 7) is 0.232. The number of nitrogens with one attached hydrogen (secondary N) is 2. The predicted molar refractivity (Wildman–Crippen MR) is 142 cm³/mol. The highest BCUT2D eigenvalue weighted by molar-refractivity contribution is 7.89. The van der Waals surface area contributed by atoms with Crippen molar-refractivity contribution in [3.8, 4) is 16.9 Å². The number of nitrogens with two attached hydrogens (primary N) is 2. The molecule has 188 valence electrons. The van der Waals surface area contributed by atoms with E-state index in [1.807, 2.05) is 30.3 Å². The number of hydrogen-bond donors (Lipinski definition) is 4. The lowest BCUT2D eigenvalue weighted by atomic mass is 10.0. The molecule has 0 bridgehead atoms. The molecule has 1 unspecified atom stereocenters. The summed E-state index contributed by atoms with van der Waals surface area (Å²) in [7, 11) is -3.87. The van der Waals surface area contributed by atoms with Gasteiger partial charge < -0.3 is 15.8 Å². The normalized spacial score (nSPS) is 11.9. The van der Waals surface area contributed by atoms with Gasteiger partial charge in [0.1, 0.15) is 11.6 Å². The fraction of sp³-hybridized carbons (Fsp3) is 0.0714. The van der Waals surface area contributed by atoms with Gasteiger partial charge in [0.15, 0.2) is 0 Å². The maximum atomic E-state index is 13.2. The molecule has 0 aliphatic heterocycles. The van der Waals surface area contributed by atoms with Crippen LogP contribution in [0.5, 0.6) is 5.75 Å². The van der Waals surface area contributed by atoms with Crippen molar-refractivity contribution < 1.29 is 17.9 Å². The minimum absolute atomic E-state index is 0.0488. The summed E-state index contributed by atoms with van der Waals surface area (Å²) in [5.41, 5.74) is 8.76. The van der Waals surface area contributed by atoms with Crippen LogP contribution in [0.25, 0.3) is 11.1 Å². The summed E-state index contributed by atoms with van der Waals surface area (Å²) in [5, 5.41) is 15.9. The fourth-order valence-corrected chi connectivity index (χ4v) is 4.57. The molecule has 0 spiro atoms. The van der Waals surface area contributed by atoms with Gasteiger partial charge in [-0.05, 0) is 29.3 Å². The van der Waals surface area contributed by atoms with Crippen molar-refractivity contribution in [2.45, 2.75) is 17.5 Å². The molecule has 4 rings (SSSR count). The Morgan fingerprint density at radius 2 is 1.57 bits per heavy atom. The Kier molecular flexibility index (Phi) is 7.66. The van der Waals surface area contributed by atoms with E-state index in [0.29, 0.717) is 28.0 Å². The SMILES string of the molecule is N=C(N)c1cccc(OC(C(=O)NCc2ccc(-c3ccccc3S(N)(=O)=O)cc2)c2ccccc2)c1. The first kappa shape index (κ1) is 25.6. The van der Waals surface area contributed by atoms with Gasteiger partial charge in [0.05, 0.1) is 4.90 Å². The summed E-state index contributed by atoms with van der Waals surface area (Å²) in [5.74, 6) is -0.0288. The number of amides is 1. The molecule has 0 aromatic heterocycles. The Morgan fingerprint density at radius 1 is 0.892 bits per heavy atom. The monoisotopic (exact) mass is 514 g/mol. The number of rotatable bonds is 9. The van der Waals surface area contributed by atoms with Crippen LogP contribution < -0.4 is 20.9 Å². The number of benzene rings is 4. The van der Waals surface area contributed by atoms with Gasteiger partial charge in [-0.1, -0.05) is 84.9 Å². The Labute approximate surface area is 215 Å². The minimum Gasteiger partial charge on any atom is -0.476 e. The molecule has 0 radical (unpaired) electrons. The van der Waals surface area contributed by atoms with Crippen LogP contribution in [0.15, 0.2) is 108 Å². The van der Waals surface area contributed by atoms with E-state index in [1.54, 1.807) is 66.7 Å². The van der Waals surface area contributed by atoms with Crippen molar-refractivity contribution in [3.05, 3.63) is 120 Å². The summed E-state index contributed by atoms with van der Waals surface area (Å²) in [4.78, 5) is 13.2. The molecule has 6 N–H and O–H groups in total. The third kappa shape index (κ3) is 6.40.